The molecule has 130 valence electrons. The highest BCUT2D eigenvalue weighted by atomic mass is 35.5. The van der Waals surface area contributed by atoms with Gasteiger partial charge in [-0.05, 0) is 44.0 Å². The average Bonchev–Trinajstić information content (AvgIpc) is 2.84. The highest BCUT2D eigenvalue weighted by Crippen LogP contribution is 2.27. The normalized spacial score (nSPS) is 11.0. The van der Waals surface area contributed by atoms with Gasteiger partial charge in [-0.1, -0.05) is 29.4 Å². The summed E-state index contributed by atoms with van der Waals surface area (Å²) in [7, 11) is 0. The molecule has 1 amide bonds. The van der Waals surface area contributed by atoms with Gasteiger partial charge in [0.15, 0.2) is 5.16 Å². The molecular weight excluding hydrogens is 378 g/mol. The molecule has 0 saturated carbocycles. The molecular formula is C17H16ClN3O2S2. The Labute approximate surface area is 157 Å². The lowest BCUT2D eigenvalue weighted by molar-refractivity contribution is -0.113. The number of carbonyl (C=O) groups excluding carboxylic acids is 1. The van der Waals surface area contributed by atoms with Crippen LogP contribution in [0.2, 0.25) is 5.02 Å². The number of aromatic amines is 1. The largest absolute Gasteiger partial charge is 0.325 e. The quantitative estimate of drug-likeness (QED) is 0.512. The number of amides is 1. The molecule has 2 heterocycles. The number of fused-ring (bicyclic) bond motifs is 1. The fourth-order valence-electron chi connectivity index (χ4n) is 2.35. The molecule has 0 aliphatic heterocycles. The molecule has 0 radical (unpaired) electrons. The number of nitrogens with one attached hydrogen (secondary N) is 2. The molecule has 0 bridgehead atoms. The van der Waals surface area contributed by atoms with Gasteiger partial charge in [0.05, 0.1) is 11.1 Å². The zero-order valence-electron chi connectivity index (χ0n) is 13.9. The Morgan fingerprint density at radius 2 is 2.12 bits per heavy atom. The Morgan fingerprint density at radius 3 is 2.88 bits per heavy atom. The molecule has 0 unspecified atom stereocenters. The lowest BCUT2D eigenvalue weighted by Gasteiger charge is -2.08. The van der Waals surface area contributed by atoms with E-state index in [1.807, 2.05) is 26.8 Å². The third-order valence-corrected chi connectivity index (χ3v) is 6.04. The first-order chi connectivity index (χ1) is 11.8. The molecule has 0 atom stereocenters. The summed E-state index contributed by atoms with van der Waals surface area (Å²) in [4.78, 5) is 33.4. The summed E-state index contributed by atoms with van der Waals surface area (Å²) in [5.74, 6) is -0.0411. The lowest BCUT2D eigenvalue weighted by Crippen LogP contribution is -2.16. The minimum absolute atomic E-state index is 0.143. The SMILES string of the molecule is Cc1ccc(Cl)cc1NC(=O)CSc1nc2sc(C)c(C)c2c(=O)[nH]1. The number of rotatable bonds is 4. The number of aromatic nitrogens is 2. The van der Waals surface area contributed by atoms with Crippen LogP contribution in [0.4, 0.5) is 5.69 Å². The number of halogens is 1. The third-order valence-electron chi connectivity index (χ3n) is 3.83. The van der Waals surface area contributed by atoms with Gasteiger partial charge in [0, 0.05) is 15.6 Å². The van der Waals surface area contributed by atoms with Crippen molar-refractivity contribution in [1.29, 1.82) is 0 Å². The molecule has 0 aliphatic rings. The molecule has 1 aromatic carbocycles. The monoisotopic (exact) mass is 393 g/mol. The standard InChI is InChI=1S/C17H16ClN3O2S2/c1-8-4-5-11(18)6-12(8)19-13(22)7-24-17-20-15(23)14-9(2)10(3)25-16(14)21-17/h4-6H,7H2,1-3H3,(H,19,22)(H,20,21,23). The van der Waals surface area contributed by atoms with E-state index in [4.69, 9.17) is 11.6 Å². The second-order valence-corrected chi connectivity index (χ2v) is 8.23. The molecule has 5 nitrogen and oxygen atoms in total. The number of anilines is 1. The number of carbonyl (C=O) groups is 1. The van der Waals surface area contributed by atoms with Crippen LogP contribution in [0.3, 0.4) is 0 Å². The van der Waals surface area contributed by atoms with Crippen LogP contribution in [0.25, 0.3) is 10.2 Å². The van der Waals surface area contributed by atoms with E-state index in [-0.39, 0.29) is 17.2 Å². The van der Waals surface area contributed by atoms with Gasteiger partial charge in [-0.3, -0.25) is 9.59 Å². The summed E-state index contributed by atoms with van der Waals surface area (Å²) in [5, 5.41) is 4.46. The minimum Gasteiger partial charge on any atom is -0.325 e. The number of hydrogen-bond donors (Lipinski definition) is 2. The van der Waals surface area contributed by atoms with Crippen LogP contribution in [-0.4, -0.2) is 21.6 Å². The van der Waals surface area contributed by atoms with E-state index < -0.39 is 0 Å². The Bertz CT molecular complexity index is 1030. The second-order valence-electron chi connectivity index (χ2n) is 5.63. The van der Waals surface area contributed by atoms with E-state index in [9.17, 15) is 9.59 Å². The highest BCUT2D eigenvalue weighted by molar-refractivity contribution is 7.99. The number of thioether (sulfide) groups is 1. The van der Waals surface area contributed by atoms with Crippen molar-refractivity contribution in [2.24, 2.45) is 0 Å². The smallest absolute Gasteiger partial charge is 0.260 e. The fraction of sp³-hybridized carbons (Fsp3) is 0.235. The van der Waals surface area contributed by atoms with Crippen LogP contribution >= 0.6 is 34.7 Å². The topological polar surface area (TPSA) is 74.8 Å². The van der Waals surface area contributed by atoms with Crippen LogP contribution in [-0.2, 0) is 4.79 Å². The van der Waals surface area contributed by atoms with Crippen molar-refractivity contribution in [2.45, 2.75) is 25.9 Å². The zero-order chi connectivity index (χ0) is 18.1. The molecule has 0 saturated heterocycles. The van der Waals surface area contributed by atoms with Crippen LogP contribution in [0, 0.1) is 20.8 Å². The maximum Gasteiger partial charge on any atom is 0.260 e. The van der Waals surface area contributed by atoms with Crippen LogP contribution in [0.1, 0.15) is 16.0 Å². The maximum absolute atomic E-state index is 12.2. The average molecular weight is 394 g/mol. The maximum atomic E-state index is 12.2. The number of aryl methyl sites for hydroxylation is 3. The highest BCUT2D eigenvalue weighted by Gasteiger charge is 2.13. The predicted molar refractivity (Wildman–Crippen MR) is 105 cm³/mol. The van der Waals surface area contributed by atoms with E-state index in [1.54, 1.807) is 12.1 Å². The first kappa shape index (κ1) is 18.0. The molecule has 3 aromatic rings. The molecule has 0 fully saturated rings. The van der Waals surface area contributed by atoms with Gasteiger partial charge in [0.2, 0.25) is 5.91 Å². The van der Waals surface area contributed by atoms with E-state index in [1.165, 1.54) is 23.1 Å². The first-order valence-electron chi connectivity index (χ1n) is 7.54. The summed E-state index contributed by atoms with van der Waals surface area (Å²) >= 11 is 8.64. The van der Waals surface area contributed by atoms with Gasteiger partial charge in [0.1, 0.15) is 4.83 Å². The summed E-state index contributed by atoms with van der Waals surface area (Å²) in [6.07, 6.45) is 0. The zero-order valence-corrected chi connectivity index (χ0v) is 16.3. The van der Waals surface area contributed by atoms with Crippen molar-refractivity contribution >= 4 is 56.5 Å². The molecule has 3 rings (SSSR count). The summed E-state index contributed by atoms with van der Waals surface area (Å²) in [6, 6.07) is 5.33. The van der Waals surface area contributed by atoms with Crippen LogP contribution < -0.4 is 10.9 Å². The molecule has 2 aromatic heterocycles. The van der Waals surface area contributed by atoms with Crippen molar-refractivity contribution in [3.63, 3.8) is 0 Å². The van der Waals surface area contributed by atoms with E-state index in [0.29, 0.717) is 26.1 Å². The number of nitrogens with zero attached hydrogens (tertiary/aromatic N) is 1. The number of benzene rings is 1. The molecule has 0 spiro atoms. The number of hydrogen-bond acceptors (Lipinski definition) is 5. The second kappa shape index (κ2) is 7.19. The Kier molecular flexibility index (Phi) is 5.17. The van der Waals surface area contributed by atoms with Crippen molar-refractivity contribution in [2.75, 3.05) is 11.1 Å². The van der Waals surface area contributed by atoms with E-state index in [2.05, 4.69) is 15.3 Å². The van der Waals surface area contributed by atoms with Crippen molar-refractivity contribution < 1.29 is 4.79 Å². The van der Waals surface area contributed by atoms with Crippen LogP contribution in [0.15, 0.2) is 28.2 Å². The van der Waals surface area contributed by atoms with Gasteiger partial charge in [-0.15, -0.1) is 11.3 Å². The van der Waals surface area contributed by atoms with Crippen molar-refractivity contribution in [3.8, 4) is 0 Å². The molecule has 25 heavy (non-hydrogen) atoms. The Balaban J connectivity index is 1.73. The Hall–Kier alpha value is -1.83. The number of thiophene rings is 1. The summed E-state index contributed by atoms with van der Waals surface area (Å²) in [6.45, 7) is 5.78. The minimum atomic E-state index is -0.184. The predicted octanol–water partition coefficient (Wildman–Crippen LogP) is 4.29. The van der Waals surface area contributed by atoms with Crippen LogP contribution in [0.5, 0.6) is 0 Å². The van der Waals surface area contributed by atoms with E-state index >= 15 is 0 Å². The van der Waals surface area contributed by atoms with Crippen molar-refractivity contribution in [3.05, 3.63) is 49.6 Å². The summed E-state index contributed by atoms with van der Waals surface area (Å²) < 4.78 is 0. The van der Waals surface area contributed by atoms with Gasteiger partial charge in [-0.25, -0.2) is 4.98 Å². The molecule has 0 aliphatic carbocycles. The van der Waals surface area contributed by atoms with E-state index in [0.717, 1.165) is 16.0 Å². The molecule has 2 N–H and O–H groups in total. The van der Waals surface area contributed by atoms with Gasteiger partial charge < -0.3 is 10.3 Å². The fourth-order valence-corrected chi connectivity index (χ4v) is 4.27. The third kappa shape index (κ3) is 3.89. The number of H-pyrrole nitrogens is 1. The van der Waals surface area contributed by atoms with Gasteiger partial charge in [-0.2, -0.15) is 0 Å². The van der Waals surface area contributed by atoms with Gasteiger partial charge >= 0.3 is 0 Å². The van der Waals surface area contributed by atoms with Crippen molar-refractivity contribution in [1.82, 2.24) is 9.97 Å². The van der Waals surface area contributed by atoms with Gasteiger partial charge in [0.25, 0.3) is 5.56 Å². The first-order valence-corrected chi connectivity index (χ1v) is 9.72. The summed E-state index contributed by atoms with van der Waals surface area (Å²) in [5.41, 5.74) is 2.40. The lowest BCUT2D eigenvalue weighted by atomic mass is 10.2. The Morgan fingerprint density at radius 1 is 1.36 bits per heavy atom. The molecule has 8 heteroatoms.